The van der Waals surface area contributed by atoms with Gasteiger partial charge in [0.2, 0.25) is 0 Å². The normalized spacial score (nSPS) is 14.9. The maximum Gasteiger partial charge on any atom is 0.0725 e. The molecule has 0 bridgehead atoms. The Labute approximate surface area is 587 Å². The van der Waals surface area contributed by atoms with Gasteiger partial charge in [-0.15, -0.1) is 0 Å². The van der Waals surface area contributed by atoms with E-state index in [4.69, 9.17) is 0 Å². The van der Waals surface area contributed by atoms with E-state index in [1.165, 1.54) is 122 Å². The molecular weight excluding hydrogens is 1210 g/mol. The zero-order chi connectivity index (χ0) is 67.8. The number of benzene rings is 14. The molecule has 0 saturated carbocycles. The van der Waals surface area contributed by atoms with E-state index in [0.717, 1.165) is 45.1 Å². The molecule has 14 aromatic carbocycles. The van der Waals surface area contributed by atoms with Crippen LogP contribution in [0.3, 0.4) is 0 Å². The van der Waals surface area contributed by atoms with Crippen LogP contribution in [0.1, 0.15) is 83.2 Å². The molecule has 0 fully saturated rings. The number of hydrogen-bond acceptors (Lipinski definition) is 1. The monoisotopic (exact) mass is 1290 g/mol. The van der Waals surface area contributed by atoms with E-state index in [-0.39, 0.29) is 16.2 Å². The van der Waals surface area contributed by atoms with Gasteiger partial charge in [0, 0.05) is 55.4 Å². The Kier molecular flexibility index (Phi) is 14.0. The van der Waals surface area contributed by atoms with Crippen LogP contribution < -0.4 is 4.90 Å². The molecule has 0 aliphatic heterocycles. The van der Waals surface area contributed by atoms with Crippen LogP contribution in [0.4, 0.5) is 17.1 Å². The minimum atomic E-state index is -0.532. The zero-order valence-corrected chi connectivity index (χ0v) is 58.1. The summed E-state index contributed by atoms with van der Waals surface area (Å²) < 4.78 is 4.85. The van der Waals surface area contributed by atoms with Crippen molar-refractivity contribution in [2.45, 2.75) is 66.2 Å². The first-order chi connectivity index (χ1) is 48.6. The molecule has 2 aliphatic carbocycles. The van der Waals surface area contributed by atoms with Gasteiger partial charge in [-0.25, -0.2) is 0 Å². The van der Waals surface area contributed by atoms with Gasteiger partial charge in [-0.3, -0.25) is 0 Å². The van der Waals surface area contributed by atoms with Gasteiger partial charge in [0.05, 0.1) is 27.5 Å². The molecule has 3 nitrogen and oxygen atoms in total. The average Bonchev–Trinajstić information content (AvgIpc) is 1.50. The van der Waals surface area contributed by atoms with Crippen LogP contribution in [-0.4, -0.2) is 9.13 Å². The second-order valence-corrected chi connectivity index (χ2v) is 30.3. The van der Waals surface area contributed by atoms with E-state index < -0.39 is 5.41 Å². The molecule has 0 radical (unpaired) electrons. The Morgan fingerprint density at radius 1 is 0.280 bits per heavy atom. The van der Waals surface area contributed by atoms with Crippen molar-refractivity contribution in [3.05, 3.63) is 355 Å². The molecule has 2 aromatic heterocycles. The fourth-order valence-corrected chi connectivity index (χ4v) is 17.6. The Balaban J connectivity index is 0.750. The highest BCUT2D eigenvalue weighted by atomic mass is 15.1. The minimum absolute atomic E-state index is 0.0440. The summed E-state index contributed by atoms with van der Waals surface area (Å²) in [5.41, 5.74) is 31.3. The van der Waals surface area contributed by atoms with Crippen LogP contribution >= 0.6 is 0 Å². The number of hydrogen-bond donors (Lipinski definition) is 0. The Hall–Kier alpha value is -11.5. The standard InChI is InChI=1S/C97H79N3/c1-63(94(2,3)4)96(8,95(5,6)7)72-46-36-66(37-47-72)70-42-53-80-78-30-18-21-33-86(78)97(88(80)60-70)87-34-22-19-31-79(87)81-54-43-71(61-89(81)97)69-45-57-92-85(59-69)84-58-68(44-56-91(84)99(92)73-26-14-10-15-27-73)67-40-50-76(51-41-67)98(75-48-38-65(39-49-75)64-24-12-9-13-25-64)77-52-55-83-82-32-20-23-35-90(82)100(93(83)62-77)74-28-16-11-17-29-74/h9-63H,1-8H3. The average molecular weight is 1290 g/mol. The highest BCUT2D eigenvalue weighted by molar-refractivity contribution is 6.13. The summed E-state index contributed by atoms with van der Waals surface area (Å²) >= 11 is 0. The van der Waals surface area contributed by atoms with E-state index in [0.29, 0.717) is 5.92 Å². The van der Waals surface area contributed by atoms with Crippen LogP contribution in [0.5, 0.6) is 0 Å². The second-order valence-electron chi connectivity index (χ2n) is 30.3. The van der Waals surface area contributed by atoms with Crippen molar-refractivity contribution in [3.63, 3.8) is 0 Å². The number of para-hydroxylation sites is 3. The highest BCUT2D eigenvalue weighted by Gasteiger charge is 2.52. The van der Waals surface area contributed by atoms with Crippen LogP contribution in [-0.2, 0) is 10.8 Å². The molecule has 1 spiro atoms. The molecule has 18 rings (SSSR count). The van der Waals surface area contributed by atoms with E-state index in [1.54, 1.807) is 0 Å². The first kappa shape index (κ1) is 60.9. The van der Waals surface area contributed by atoms with Gasteiger partial charge < -0.3 is 14.0 Å². The van der Waals surface area contributed by atoms with Crippen molar-refractivity contribution in [3.8, 4) is 78.1 Å². The molecule has 2 aliphatic rings. The predicted octanol–water partition coefficient (Wildman–Crippen LogP) is 26.3. The molecule has 3 atom stereocenters. The lowest BCUT2D eigenvalue weighted by molar-refractivity contribution is 0.0579. The molecule has 3 unspecified atom stereocenters. The zero-order valence-electron chi connectivity index (χ0n) is 58.1. The van der Waals surface area contributed by atoms with Crippen LogP contribution in [0, 0.1) is 16.7 Å². The first-order valence-corrected chi connectivity index (χ1v) is 35.5. The second kappa shape index (κ2) is 23.0. The third-order valence-electron chi connectivity index (χ3n) is 23.4. The van der Waals surface area contributed by atoms with Crippen LogP contribution in [0.15, 0.2) is 328 Å². The summed E-state index contributed by atoms with van der Waals surface area (Å²) in [5.74, 6) is 0.446. The summed E-state index contributed by atoms with van der Waals surface area (Å²) in [6.07, 6.45) is 0. The third kappa shape index (κ3) is 9.39. The van der Waals surface area contributed by atoms with E-state index >= 15 is 0 Å². The molecule has 3 heteroatoms. The predicted molar refractivity (Wildman–Crippen MR) is 423 cm³/mol. The van der Waals surface area contributed by atoms with Gasteiger partial charge in [0.15, 0.2) is 0 Å². The topological polar surface area (TPSA) is 13.1 Å². The maximum atomic E-state index is 2.54. The number of rotatable bonds is 11. The van der Waals surface area contributed by atoms with Gasteiger partial charge in [0.25, 0.3) is 0 Å². The molecule has 0 amide bonds. The Morgan fingerprint density at radius 2 is 0.650 bits per heavy atom. The fraction of sp³-hybridized carbons (Fsp3) is 0.134. The third-order valence-corrected chi connectivity index (χ3v) is 23.4. The van der Waals surface area contributed by atoms with E-state index in [1.807, 2.05) is 0 Å². The lowest BCUT2D eigenvalue weighted by Crippen LogP contribution is -2.47. The quantitative estimate of drug-likeness (QED) is 0.126. The molecule has 16 aromatic rings. The molecule has 0 saturated heterocycles. The van der Waals surface area contributed by atoms with Crippen molar-refractivity contribution < 1.29 is 0 Å². The van der Waals surface area contributed by atoms with Crippen molar-refractivity contribution in [1.29, 1.82) is 0 Å². The van der Waals surface area contributed by atoms with Crippen molar-refractivity contribution >= 4 is 60.7 Å². The molecular formula is C97H79N3. The Bertz CT molecular complexity index is 5850. The summed E-state index contributed by atoms with van der Waals surface area (Å²) in [4.78, 5) is 2.40. The lowest BCUT2D eigenvalue weighted by Gasteiger charge is -2.52. The SMILES string of the molecule is CC(C(C)(C)C)C(C)(c1ccc(-c2ccc3c(c2)C2(c4ccccc4-3)c3ccccc3-c3ccc(-c4ccc5c(c4)c4cc(-c6ccc(N(c7ccc(-c8ccccc8)cc7)c7ccc8c9ccccc9n(-c9ccccc9)c8c7)cc6)ccc4n5-c4ccccc4)cc32)cc1)C(C)(C)C. The fourth-order valence-electron chi connectivity index (χ4n) is 17.6. The largest absolute Gasteiger partial charge is 0.310 e. The van der Waals surface area contributed by atoms with Gasteiger partial charge in [-0.2, -0.15) is 0 Å². The summed E-state index contributed by atoms with van der Waals surface area (Å²) in [5, 5.41) is 4.88. The van der Waals surface area contributed by atoms with Gasteiger partial charge in [0.1, 0.15) is 0 Å². The van der Waals surface area contributed by atoms with Crippen LogP contribution in [0.25, 0.3) is 122 Å². The first-order valence-electron chi connectivity index (χ1n) is 35.5. The lowest BCUT2D eigenvalue weighted by atomic mass is 9.53. The molecule has 2 heterocycles. The molecule has 100 heavy (non-hydrogen) atoms. The van der Waals surface area contributed by atoms with Gasteiger partial charge >= 0.3 is 0 Å². The maximum absolute atomic E-state index is 2.54. The van der Waals surface area contributed by atoms with Gasteiger partial charge in [-0.05, 0) is 214 Å². The van der Waals surface area contributed by atoms with Crippen LogP contribution in [0.2, 0.25) is 0 Å². The summed E-state index contributed by atoms with van der Waals surface area (Å²) in [7, 11) is 0. The van der Waals surface area contributed by atoms with Crippen molar-refractivity contribution in [1.82, 2.24) is 9.13 Å². The molecule has 482 valence electrons. The smallest absolute Gasteiger partial charge is 0.0725 e. The number of fused-ring (bicyclic) bond motifs is 16. The van der Waals surface area contributed by atoms with Crippen molar-refractivity contribution in [2.24, 2.45) is 16.7 Å². The van der Waals surface area contributed by atoms with Crippen molar-refractivity contribution in [2.75, 3.05) is 4.90 Å². The summed E-state index contributed by atoms with van der Waals surface area (Å²) in [6, 6.07) is 123. The number of anilines is 3. The Morgan fingerprint density at radius 3 is 1.18 bits per heavy atom. The number of aromatic nitrogens is 2. The van der Waals surface area contributed by atoms with Gasteiger partial charge in [-0.1, -0.05) is 280 Å². The van der Waals surface area contributed by atoms with E-state index in [2.05, 4.69) is 397 Å². The molecule has 0 N–H and O–H groups in total. The minimum Gasteiger partial charge on any atom is -0.310 e. The summed E-state index contributed by atoms with van der Waals surface area (Å²) in [6.45, 7) is 19.4. The van der Waals surface area contributed by atoms with E-state index in [9.17, 15) is 0 Å². The highest BCUT2D eigenvalue weighted by Crippen LogP contribution is 2.64. The number of nitrogens with zero attached hydrogens (tertiary/aromatic N) is 3.